The van der Waals surface area contributed by atoms with Crippen LogP contribution in [-0.4, -0.2) is 23.9 Å². The van der Waals surface area contributed by atoms with Crippen LogP contribution in [0.4, 0.5) is 10.1 Å². The Labute approximate surface area is 182 Å². The van der Waals surface area contributed by atoms with E-state index in [0.717, 1.165) is 18.4 Å². The maximum Gasteiger partial charge on any atom is 0.255 e. The molecule has 160 valence electrons. The summed E-state index contributed by atoms with van der Waals surface area (Å²) >= 11 is 0. The fourth-order valence-corrected chi connectivity index (χ4v) is 4.39. The minimum atomic E-state index is -0.345. The van der Waals surface area contributed by atoms with Crippen molar-refractivity contribution in [3.05, 3.63) is 65.5 Å². The Bertz CT molecular complexity index is 861. The molecule has 0 aliphatic carbocycles. The Kier molecular flexibility index (Phi) is 7.45. The highest BCUT2D eigenvalue weighted by Gasteiger charge is 2.34. The minimum absolute atomic E-state index is 0. The summed E-state index contributed by atoms with van der Waals surface area (Å²) in [4.78, 5) is 24.6. The zero-order valence-corrected chi connectivity index (χ0v) is 17.5. The fraction of sp³-hybridized carbons (Fsp3) is 0.391. The van der Waals surface area contributed by atoms with Crippen molar-refractivity contribution < 1.29 is 14.0 Å². The standard InChI is InChI=1S/C23H26FN3O2.ClH/c24-18-5-7-19(8-6-18)27-23(29)17-3-1-15(2-4-17)14-25-22(28)13-16-11-20-9-10-21(12-16)26-20;/h1-8,16,20-21,26H,9-14H2,(H,25,28)(H,27,29);1H. The van der Waals surface area contributed by atoms with Gasteiger partial charge in [-0.05, 0) is 73.6 Å². The fourth-order valence-electron chi connectivity index (χ4n) is 4.39. The molecule has 3 N–H and O–H groups in total. The molecule has 0 radical (unpaired) electrons. The molecule has 0 aromatic heterocycles. The molecule has 2 amide bonds. The summed E-state index contributed by atoms with van der Waals surface area (Å²) in [7, 11) is 0. The van der Waals surface area contributed by atoms with E-state index in [4.69, 9.17) is 0 Å². The molecule has 4 rings (SSSR count). The van der Waals surface area contributed by atoms with Gasteiger partial charge in [0.25, 0.3) is 5.91 Å². The number of anilines is 1. The number of benzene rings is 2. The van der Waals surface area contributed by atoms with E-state index in [0.29, 0.717) is 42.2 Å². The van der Waals surface area contributed by atoms with Crippen molar-refractivity contribution in [2.75, 3.05) is 5.32 Å². The van der Waals surface area contributed by atoms with Crippen LogP contribution in [0.5, 0.6) is 0 Å². The number of hydrogen-bond acceptors (Lipinski definition) is 3. The predicted octanol–water partition coefficient (Wildman–Crippen LogP) is 4.04. The van der Waals surface area contributed by atoms with E-state index in [1.54, 1.807) is 12.1 Å². The molecule has 0 spiro atoms. The third-order valence-electron chi connectivity index (χ3n) is 5.85. The van der Waals surface area contributed by atoms with Crippen molar-refractivity contribution >= 4 is 29.9 Å². The molecule has 2 bridgehead atoms. The van der Waals surface area contributed by atoms with Crippen LogP contribution in [0.3, 0.4) is 0 Å². The van der Waals surface area contributed by atoms with Gasteiger partial charge in [0.15, 0.2) is 0 Å². The first-order valence-electron chi connectivity index (χ1n) is 10.2. The van der Waals surface area contributed by atoms with Crippen LogP contribution in [0.1, 0.15) is 48.0 Å². The van der Waals surface area contributed by atoms with Crippen molar-refractivity contribution in [1.82, 2.24) is 10.6 Å². The van der Waals surface area contributed by atoms with Crippen LogP contribution >= 0.6 is 12.4 Å². The first kappa shape index (κ1) is 22.2. The largest absolute Gasteiger partial charge is 0.352 e. The molecule has 7 heteroatoms. The zero-order valence-electron chi connectivity index (χ0n) is 16.7. The topological polar surface area (TPSA) is 70.2 Å². The number of fused-ring (bicyclic) bond motifs is 2. The van der Waals surface area contributed by atoms with Crippen molar-refractivity contribution in [3.8, 4) is 0 Å². The van der Waals surface area contributed by atoms with Crippen LogP contribution in [-0.2, 0) is 11.3 Å². The molecule has 2 unspecified atom stereocenters. The smallest absolute Gasteiger partial charge is 0.255 e. The Balaban J connectivity index is 0.00000256. The average Bonchev–Trinajstić information content (AvgIpc) is 3.06. The van der Waals surface area contributed by atoms with Crippen LogP contribution in [0.2, 0.25) is 0 Å². The molecular formula is C23H27ClFN3O2. The summed E-state index contributed by atoms with van der Waals surface area (Å²) < 4.78 is 12.9. The molecule has 2 aliphatic heterocycles. The summed E-state index contributed by atoms with van der Waals surface area (Å²) in [5, 5.41) is 9.33. The van der Waals surface area contributed by atoms with Crippen LogP contribution < -0.4 is 16.0 Å². The highest BCUT2D eigenvalue weighted by molar-refractivity contribution is 6.04. The molecule has 2 aliphatic rings. The van der Waals surface area contributed by atoms with E-state index < -0.39 is 0 Å². The first-order chi connectivity index (χ1) is 14.0. The second kappa shape index (κ2) is 10.0. The van der Waals surface area contributed by atoms with Crippen LogP contribution in [0.15, 0.2) is 48.5 Å². The summed E-state index contributed by atoms with van der Waals surface area (Å²) in [5.41, 5.74) is 2.00. The van der Waals surface area contributed by atoms with Crippen LogP contribution in [0, 0.1) is 11.7 Å². The monoisotopic (exact) mass is 431 g/mol. The maximum atomic E-state index is 12.9. The SMILES string of the molecule is Cl.O=C(CC1CC2CCC(C1)N2)NCc1ccc(C(=O)Nc2ccc(F)cc2)cc1. The van der Waals surface area contributed by atoms with Gasteiger partial charge in [-0.25, -0.2) is 4.39 Å². The van der Waals surface area contributed by atoms with E-state index in [2.05, 4.69) is 16.0 Å². The van der Waals surface area contributed by atoms with Gasteiger partial charge < -0.3 is 16.0 Å². The van der Waals surface area contributed by atoms with Crippen molar-refractivity contribution in [2.45, 2.75) is 50.7 Å². The normalized spacial score (nSPS) is 22.1. The predicted molar refractivity (Wildman–Crippen MR) is 117 cm³/mol. The number of halogens is 2. The molecule has 2 heterocycles. The maximum absolute atomic E-state index is 12.9. The molecule has 0 saturated carbocycles. The van der Waals surface area contributed by atoms with Gasteiger partial charge in [0.1, 0.15) is 5.82 Å². The Hall–Kier alpha value is -2.44. The highest BCUT2D eigenvalue weighted by Crippen LogP contribution is 2.32. The number of hydrogen-bond donors (Lipinski definition) is 3. The Morgan fingerprint density at radius 1 is 0.967 bits per heavy atom. The quantitative estimate of drug-likeness (QED) is 0.646. The lowest BCUT2D eigenvalue weighted by Gasteiger charge is -2.28. The lowest BCUT2D eigenvalue weighted by molar-refractivity contribution is -0.122. The third-order valence-corrected chi connectivity index (χ3v) is 5.85. The van der Waals surface area contributed by atoms with Gasteiger partial charge >= 0.3 is 0 Å². The summed E-state index contributed by atoms with van der Waals surface area (Å²) in [6.07, 6.45) is 5.27. The number of carbonyl (C=O) groups excluding carboxylic acids is 2. The Morgan fingerprint density at radius 2 is 1.60 bits per heavy atom. The highest BCUT2D eigenvalue weighted by atomic mass is 35.5. The first-order valence-corrected chi connectivity index (χ1v) is 10.2. The van der Waals surface area contributed by atoms with E-state index in [9.17, 15) is 14.0 Å². The van der Waals surface area contributed by atoms with E-state index in [-0.39, 0.29) is 30.0 Å². The van der Waals surface area contributed by atoms with Gasteiger partial charge in [-0.2, -0.15) is 0 Å². The second-order valence-electron chi connectivity index (χ2n) is 8.11. The minimum Gasteiger partial charge on any atom is -0.352 e. The number of rotatable bonds is 6. The van der Waals surface area contributed by atoms with Crippen molar-refractivity contribution in [2.24, 2.45) is 5.92 Å². The van der Waals surface area contributed by atoms with Gasteiger partial charge in [0, 0.05) is 36.3 Å². The van der Waals surface area contributed by atoms with Crippen molar-refractivity contribution in [1.29, 1.82) is 0 Å². The number of carbonyl (C=O) groups is 2. The molecule has 30 heavy (non-hydrogen) atoms. The van der Waals surface area contributed by atoms with E-state index >= 15 is 0 Å². The number of amides is 2. The Morgan fingerprint density at radius 3 is 2.23 bits per heavy atom. The van der Waals surface area contributed by atoms with Gasteiger partial charge in [0.2, 0.25) is 5.91 Å². The molecule has 2 atom stereocenters. The summed E-state index contributed by atoms with van der Waals surface area (Å²) in [6.45, 7) is 0.455. The molecule has 5 nitrogen and oxygen atoms in total. The molecule has 2 fully saturated rings. The van der Waals surface area contributed by atoms with Gasteiger partial charge in [0.05, 0.1) is 0 Å². The third kappa shape index (κ3) is 5.80. The molecule has 2 aromatic rings. The summed E-state index contributed by atoms with van der Waals surface area (Å²) in [6, 6.07) is 14.0. The van der Waals surface area contributed by atoms with Crippen molar-refractivity contribution in [3.63, 3.8) is 0 Å². The van der Waals surface area contributed by atoms with Gasteiger partial charge in [-0.15, -0.1) is 12.4 Å². The van der Waals surface area contributed by atoms with Crippen LogP contribution in [0.25, 0.3) is 0 Å². The second-order valence-corrected chi connectivity index (χ2v) is 8.11. The van der Waals surface area contributed by atoms with Gasteiger partial charge in [-0.1, -0.05) is 12.1 Å². The molecule has 2 aromatic carbocycles. The van der Waals surface area contributed by atoms with Gasteiger partial charge in [-0.3, -0.25) is 9.59 Å². The number of piperidine rings is 1. The zero-order chi connectivity index (χ0) is 20.2. The number of nitrogens with one attached hydrogen (secondary N) is 3. The lowest BCUT2D eigenvalue weighted by atomic mass is 9.89. The average molecular weight is 432 g/mol. The summed E-state index contributed by atoms with van der Waals surface area (Å²) in [5.74, 6) is -0.0321. The van der Waals surface area contributed by atoms with E-state index in [1.165, 1.54) is 37.1 Å². The lowest BCUT2D eigenvalue weighted by Crippen LogP contribution is -2.39. The molecule has 2 saturated heterocycles. The molecular weight excluding hydrogens is 405 g/mol. The van der Waals surface area contributed by atoms with E-state index in [1.807, 2.05) is 12.1 Å².